The van der Waals surface area contributed by atoms with Gasteiger partial charge in [0, 0.05) is 34.2 Å². The first-order valence-electron chi connectivity index (χ1n) is 12.2. The minimum absolute atomic E-state index is 0.0133. The maximum absolute atomic E-state index is 14.0. The number of sulfonamides is 1. The van der Waals surface area contributed by atoms with E-state index in [4.69, 9.17) is 34.8 Å². The predicted octanol–water partition coefficient (Wildman–Crippen LogP) is 6.01. The zero-order valence-corrected chi connectivity index (χ0v) is 25.1. The lowest BCUT2D eigenvalue weighted by Gasteiger charge is -2.33. The number of hydrogen-bond acceptors (Lipinski definition) is 4. The van der Waals surface area contributed by atoms with Crippen LogP contribution in [0.5, 0.6) is 0 Å². The van der Waals surface area contributed by atoms with E-state index in [2.05, 4.69) is 5.32 Å². The Morgan fingerprint density at radius 1 is 0.949 bits per heavy atom. The van der Waals surface area contributed by atoms with Crippen LogP contribution in [0.25, 0.3) is 0 Å². The Kier molecular flexibility index (Phi) is 10.3. The highest BCUT2D eigenvalue weighted by molar-refractivity contribution is 7.92. The molecule has 0 aliphatic carbocycles. The molecule has 0 heterocycles. The molecule has 0 saturated heterocycles. The van der Waals surface area contributed by atoms with Gasteiger partial charge in [-0.2, -0.15) is 0 Å². The fraction of sp³-hybridized carbons (Fsp3) is 0.286. The molecular weight excluding hydrogens is 581 g/mol. The molecule has 7 nitrogen and oxygen atoms in total. The normalized spacial score (nSPS) is 12.1. The monoisotopic (exact) mass is 609 g/mol. The number of rotatable bonds is 10. The van der Waals surface area contributed by atoms with Crippen molar-refractivity contribution in [1.29, 1.82) is 0 Å². The first-order chi connectivity index (χ1) is 18.4. The van der Waals surface area contributed by atoms with Gasteiger partial charge in [-0.3, -0.25) is 13.9 Å². The van der Waals surface area contributed by atoms with Crippen LogP contribution in [0.2, 0.25) is 15.1 Å². The Bertz CT molecular complexity index is 1440. The Hall–Kier alpha value is -2.78. The number of halogens is 3. The van der Waals surface area contributed by atoms with Crippen LogP contribution in [0, 0.1) is 13.8 Å². The van der Waals surface area contributed by atoms with E-state index in [1.165, 1.54) is 30.1 Å². The van der Waals surface area contributed by atoms with Gasteiger partial charge < -0.3 is 10.2 Å². The number of anilines is 1. The molecule has 11 heteroatoms. The minimum Gasteiger partial charge on any atom is -0.357 e. The van der Waals surface area contributed by atoms with Gasteiger partial charge in [-0.25, -0.2) is 8.42 Å². The molecule has 3 rings (SSSR count). The molecule has 39 heavy (non-hydrogen) atoms. The maximum Gasteiger partial charge on any atom is 0.264 e. The Labute approximate surface area is 244 Å². The van der Waals surface area contributed by atoms with Gasteiger partial charge in [-0.05, 0) is 62.2 Å². The molecule has 0 aliphatic rings. The molecule has 0 radical (unpaired) electrons. The summed E-state index contributed by atoms with van der Waals surface area (Å²) in [6.07, 6.45) is 0.272. The van der Waals surface area contributed by atoms with E-state index in [-0.39, 0.29) is 23.5 Å². The van der Waals surface area contributed by atoms with Crippen molar-refractivity contribution in [3.63, 3.8) is 0 Å². The van der Waals surface area contributed by atoms with Crippen molar-refractivity contribution < 1.29 is 18.0 Å². The smallest absolute Gasteiger partial charge is 0.264 e. The van der Waals surface area contributed by atoms with Gasteiger partial charge >= 0.3 is 0 Å². The van der Waals surface area contributed by atoms with E-state index in [1.54, 1.807) is 56.3 Å². The fourth-order valence-electron chi connectivity index (χ4n) is 4.14. The van der Waals surface area contributed by atoms with Crippen LogP contribution in [-0.2, 0) is 26.2 Å². The summed E-state index contributed by atoms with van der Waals surface area (Å²) in [6, 6.07) is 15.2. The number of benzene rings is 3. The number of nitrogens with one attached hydrogen (secondary N) is 1. The summed E-state index contributed by atoms with van der Waals surface area (Å²) in [7, 11) is -2.74. The van der Waals surface area contributed by atoms with E-state index in [9.17, 15) is 18.0 Å². The third-order valence-electron chi connectivity index (χ3n) is 6.35. The summed E-state index contributed by atoms with van der Waals surface area (Å²) in [5.41, 5.74) is 2.18. The molecule has 208 valence electrons. The summed E-state index contributed by atoms with van der Waals surface area (Å²) in [4.78, 5) is 28.2. The zero-order valence-electron chi connectivity index (χ0n) is 22.0. The summed E-state index contributed by atoms with van der Waals surface area (Å²) < 4.78 is 28.9. The Morgan fingerprint density at radius 2 is 1.56 bits per heavy atom. The number of hydrogen-bond donors (Lipinski definition) is 1. The lowest BCUT2D eigenvalue weighted by atomic mass is 10.1. The van der Waals surface area contributed by atoms with E-state index >= 15 is 0 Å². The molecule has 0 bridgehead atoms. The summed E-state index contributed by atoms with van der Waals surface area (Å²) in [5.74, 6) is -1.02. The van der Waals surface area contributed by atoms with Gasteiger partial charge in [0.1, 0.15) is 12.6 Å². The number of nitrogens with zero attached hydrogens (tertiary/aromatic N) is 2. The number of likely N-dealkylation sites (N-methyl/N-ethyl adjacent to an activating group) is 1. The van der Waals surface area contributed by atoms with Gasteiger partial charge in [0.25, 0.3) is 10.0 Å². The van der Waals surface area contributed by atoms with Crippen molar-refractivity contribution in [3.8, 4) is 0 Å². The SMILES string of the molecule is CCC(C(=O)NC)N(Cc1c(Cl)cccc1Cl)C(=O)CN(c1cc(Cl)ccc1C)S(=O)(=O)c1ccc(C)cc1. The summed E-state index contributed by atoms with van der Waals surface area (Å²) >= 11 is 19.1. The standard InChI is InChI=1S/C28H30Cl3N3O4S/c1-5-25(28(36)32-4)33(16-22-23(30)7-6-8-24(22)31)27(35)17-34(26-15-20(29)12-11-19(26)3)39(37,38)21-13-9-18(2)10-14-21/h6-15,25H,5,16-17H2,1-4H3,(H,32,36). The highest BCUT2D eigenvalue weighted by Gasteiger charge is 2.34. The molecule has 1 atom stereocenters. The quantitative estimate of drug-likeness (QED) is 0.305. The Balaban J connectivity index is 2.14. The van der Waals surface area contributed by atoms with Crippen molar-refractivity contribution in [3.05, 3.63) is 92.4 Å². The molecule has 0 fully saturated rings. The molecule has 0 spiro atoms. The minimum atomic E-state index is -4.21. The van der Waals surface area contributed by atoms with E-state index in [0.717, 1.165) is 9.87 Å². The van der Waals surface area contributed by atoms with E-state index in [0.29, 0.717) is 26.2 Å². The van der Waals surface area contributed by atoms with Crippen LogP contribution in [-0.4, -0.2) is 44.8 Å². The molecule has 1 unspecified atom stereocenters. The predicted molar refractivity (Wildman–Crippen MR) is 157 cm³/mol. The molecule has 1 N–H and O–H groups in total. The third-order valence-corrected chi connectivity index (χ3v) is 9.07. The van der Waals surface area contributed by atoms with Crippen LogP contribution in [0.15, 0.2) is 65.6 Å². The van der Waals surface area contributed by atoms with Crippen LogP contribution < -0.4 is 9.62 Å². The number of aryl methyl sites for hydroxylation is 2. The van der Waals surface area contributed by atoms with Gasteiger partial charge in [-0.15, -0.1) is 0 Å². The zero-order chi connectivity index (χ0) is 28.9. The molecule has 3 aromatic rings. The first-order valence-corrected chi connectivity index (χ1v) is 14.8. The molecule has 0 aliphatic heterocycles. The Morgan fingerprint density at radius 3 is 2.13 bits per heavy atom. The number of carbonyl (C=O) groups excluding carboxylic acids is 2. The molecule has 0 aromatic heterocycles. The van der Waals surface area contributed by atoms with Crippen LogP contribution in [0.4, 0.5) is 5.69 Å². The topological polar surface area (TPSA) is 86.8 Å². The molecular formula is C28H30Cl3N3O4S. The number of amides is 2. The second-order valence-electron chi connectivity index (χ2n) is 9.02. The van der Waals surface area contributed by atoms with Crippen LogP contribution in [0.1, 0.15) is 30.0 Å². The lowest BCUT2D eigenvalue weighted by Crippen LogP contribution is -2.52. The molecule has 3 aromatic carbocycles. The highest BCUT2D eigenvalue weighted by Crippen LogP contribution is 2.31. The van der Waals surface area contributed by atoms with Crippen molar-refractivity contribution in [1.82, 2.24) is 10.2 Å². The van der Waals surface area contributed by atoms with Crippen molar-refractivity contribution in [2.24, 2.45) is 0 Å². The van der Waals surface area contributed by atoms with Gasteiger partial charge in [0.15, 0.2) is 0 Å². The third kappa shape index (κ3) is 7.06. The first kappa shape index (κ1) is 30.8. The second-order valence-corrected chi connectivity index (χ2v) is 12.1. The average molecular weight is 611 g/mol. The maximum atomic E-state index is 14.0. The summed E-state index contributed by atoms with van der Waals surface area (Å²) in [6.45, 7) is 4.65. The second kappa shape index (κ2) is 13.0. The van der Waals surface area contributed by atoms with Gasteiger partial charge in [0.2, 0.25) is 11.8 Å². The van der Waals surface area contributed by atoms with Gasteiger partial charge in [0.05, 0.1) is 10.6 Å². The van der Waals surface area contributed by atoms with Crippen LogP contribution >= 0.6 is 34.8 Å². The highest BCUT2D eigenvalue weighted by atomic mass is 35.5. The largest absolute Gasteiger partial charge is 0.357 e. The van der Waals surface area contributed by atoms with Crippen molar-refractivity contribution in [2.75, 3.05) is 17.9 Å². The number of carbonyl (C=O) groups is 2. The van der Waals surface area contributed by atoms with Gasteiger partial charge in [-0.1, -0.05) is 71.6 Å². The fourth-order valence-corrected chi connectivity index (χ4v) is 6.30. The average Bonchev–Trinajstić information content (AvgIpc) is 2.90. The lowest BCUT2D eigenvalue weighted by molar-refractivity contribution is -0.140. The summed E-state index contributed by atoms with van der Waals surface area (Å²) in [5, 5.41) is 3.53. The van der Waals surface area contributed by atoms with E-state index in [1.807, 2.05) is 6.92 Å². The van der Waals surface area contributed by atoms with Crippen molar-refractivity contribution in [2.45, 2.75) is 44.7 Å². The van der Waals surface area contributed by atoms with E-state index < -0.39 is 34.4 Å². The van der Waals surface area contributed by atoms with Crippen LogP contribution in [0.3, 0.4) is 0 Å². The molecule has 2 amide bonds. The van der Waals surface area contributed by atoms with Crippen molar-refractivity contribution >= 4 is 62.3 Å². The molecule has 0 saturated carbocycles.